The van der Waals surface area contributed by atoms with Crippen LogP contribution in [0.2, 0.25) is 5.02 Å². The zero-order valence-electron chi connectivity index (χ0n) is 15.3. The number of hydrogen-bond acceptors (Lipinski definition) is 7. The molecule has 9 heteroatoms. The summed E-state index contributed by atoms with van der Waals surface area (Å²) >= 11 is 7.75. The molecule has 27 heavy (non-hydrogen) atoms. The lowest BCUT2D eigenvalue weighted by Crippen LogP contribution is -2.22. The van der Waals surface area contributed by atoms with Crippen molar-refractivity contribution in [3.05, 3.63) is 41.0 Å². The second-order valence-corrected chi connectivity index (χ2v) is 8.16. The second-order valence-electron chi connectivity index (χ2n) is 6.78. The number of hydrogen-bond donors (Lipinski definition) is 0. The molecule has 1 aromatic carbocycles. The van der Waals surface area contributed by atoms with Crippen molar-refractivity contribution in [2.24, 2.45) is 0 Å². The van der Waals surface area contributed by atoms with E-state index >= 15 is 0 Å². The standard InChI is InChI=1S/C18H21ClN6OS/c1-12(2)16-20-15(26-23-16)11-27-18-22-21-17(24-8-3-4-9-24)25(18)14-7-5-6-13(19)10-14/h5-7,10,12H,3-4,8-9,11H2,1-2H3. The van der Waals surface area contributed by atoms with Crippen LogP contribution < -0.4 is 4.90 Å². The number of anilines is 1. The van der Waals surface area contributed by atoms with Gasteiger partial charge in [0.25, 0.3) is 0 Å². The Labute approximate surface area is 167 Å². The zero-order valence-corrected chi connectivity index (χ0v) is 16.9. The van der Waals surface area contributed by atoms with Gasteiger partial charge < -0.3 is 9.42 Å². The Morgan fingerprint density at radius 3 is 2.74 bits per heavy atom. The SMILES string of the molecule is CC(C)c1noc(CSc2nnc(N3CCCC3)n2-c2cccc(Cl)c2)n1. The first-order chi connectivity index (χ1) is 13.1. The lowest BCUT2D eigenvalue weighted by Gasteiger charge is -2.18. The Morgan fingerprint density at radius 2 is 2.04 bits per heavy atom. The van der Waals surface area contributed by atoms with E-state index < -0.39 is 0 Å². The minimum Gasteiger partial charge on any atom is -0.341 e. The fourth-order valence-corrected chi connectivity index (χ4v) is 3.98. The molecule has 3 heterocycles. The summed E-state index contributed by atoms with van der Waals surface area (Å²) in [7, 11) is 0. The highest BCUT2D eigenvalue weighted by Gasteiger charge is 2.23. The van der Waals surface area contributed by atoms with Crippen LogP contribution in [-0.2, 0) is 5.75 Å². The van der Waals surface area contributed by atoms with E-state index in [1.807, 2.05) is 38.1 Å². The molecule has 4 rings (SSSR count). The molecule has 3 aromatic rings. The normalized spacial score (nSPS) is 14.4. The van der Waals surface area contributed by atoms with Crippen LogP contribution in [0.1, 0.15) is 44.3 Å². The number of benzene rings is 1. The summed E-state index contributed by atoms with van der Waals surface area (Å²) in [5.41, 5.74) is 0.949. The summed E-state index contributed by atoms with van der Waals surface area (Å²) in [6.07, 6.45) is 2.34. The monoisotopic (exact) mass is 404 g/mol. The fourth-order valence-electron chi connectivity index (χ4n) is 3.01. The third-order valence-electron chi connectivity index (χ3n) is 4.40. The minimum absolute atomic E-state index is 0.240. The van der Waals surface area contributed by atoms with Gasteiger partial charge in [0, 0.05) is 24.0 Å². The quantitative estimate of drug-likeness (QED) is 0.566. The predicted molar refractivity (Wildman–Crippen MR) is 106 cm³/mol. The van der Waals surface area contributed by atoms with Crippen LogP contribution in [0.4, 0.5) is 5.95 Å². The van der Waals surface area contributed by atoms with Gasteiger partial charge in [-0.15, -0.1) is 10.2 Å². The Balaban J connectivity index is 1.63. The first-order valence-corrected chi connectivity index (χ1v) is 10.4. The van der Waals surface area contributed by atoms with Gasteiger partial charge in [0.05, 0.1) is 11.4 Å². The van der Waals surface area contributed by atoms with Crippen molar-refractivity contribution >= 4 is 29.3 Å². The van der Waals surface area contributed by atoms with Gasteiger partial charge in [0.1, 0.15) is 0 Å². The molecule has 0 atom stereocenters. The van der Waals surface area contributed by atoms with Crippen LogP contribution in [-0.4, -0.2) is 38.0 Å². The van der Waals surface area contributed by atoms with E-state index in [-0.39, 0.29) is 5.92 Å². The van der Waals surface area contributed by atoms with Gasteiger partial charge in [-0.2, -0.15) is 4.98 Å². The Kier molecular flexibility index (Phi) is 5.36. The smallest absolute Gasteiger partial charge is 0.237 e. The molecule has 1 aliphatic rings. The van der Waals surface area contributed by atoms with Gasteiger partial charge in [-0.3, -0.25) is 4.57 Å². The molecule has 1 fully saturated rings. The summed E-state index contributed by atoms with van der Waals surface area (Å²) in [5, 5.41) is 14.4. The lowest BCUT2D eigenvalue weighted by molar-refractivity contribution is 0.382. The summed E-state index contributed by atoms with van der Waals surface area (Å²) < 4.78 is 7.41. The fraction of sp³-hybridized carbons (Fsp3) is 0.444. The Hall–Kier alpha value is -2.06. The van der Waals surface area contributed by atoms with Gasteiger partial charge in [-0.25, -0.2) is 0 Å². The summed E-state index contributed by atoms with van der Waals surface area (Å²) in [6.45, 7) is 6.06. The molecule has 0 spiro atoms. The number of halogens is 1. The van der Waals surface area contributed by atoms with Crippen LogP contribution in [0, 0.1) is 0 Å². The van der Waals surface area contributed by atoms with E-state index in [0.29, 0.717) is 16.7 Å². The van der Waals surface area contributed by atoms with E-state index in [0.717, 1.165) is 35.7 Å². The van der Waals surface area contributed by atoms with Crippen LogP contribution in [0.3, 0.4) is 0 Å². The van der Waals surface area contributed by atoms with E-state index in [9.17, 15) is 0 Å². The Bertz CT molecular complexity index is 918. The molecule has 0 bridgehead atoms. The van der Waals surface area contributed by atoms with Crippen LogP contribution >= 0.6 is 23.4 Å². The van der Waals surface area contributed by atoms with Crippen molar-refractivity contribution < 1.29 is 4.52 Å². The van der Waals surface area contributed by atoms with Crippen molar-refractivity contribution in [3.8, 4) is 5.69 Å². The number of nitrogens with zero attached hydrogens (tertiary/aromatic N) is 6. The first-order valence-electron chi connectivity index (χ1n) is 9.03. The second kappa shape index (κ2) is 7.90. The van der Waals surface area contributed by atoms with E-state index in [4.69, 9.17) is 16.1 Å². The van der Waals surface area contributed by atoms with Gasteiger partial charge in [0.2, 0.25) is 11.8 Å². The maximum absolute atomic E-state index is 6.22. The van der Waals surface area contributed by atoms with Gasteiger partial charge >= 0.3 is 0 Å². The average molecular weight is 405 g/mol. The number of rotatable bonds is 6. The summed E-state index contributed by atoms with van der Waals surface area (Å²) in [4.78, 5) is 6.70. The third-order valence-corrected chi connectivity index (χ3v) is 5.55. The maximum atomic E-state index is 6.22. The average Bonchev–Trinajstić information content (AvgIpc) is 3.39. The van der Waals surface area contributed by atoms with Crippen molar-refractivity contribution in [2.75, 3.05) is 18.0 Å². The number of thioether (sulfide) groups is 1. The van der Waals surface area contributed by atoms with Gasteiger partial charge in [-0.1, -0.05) is 48.4 Å². The maximum Gasteiger partial charge on any atom is 0.237 e. The molecule has 7 nitrogen and oxygen atoms in total. The number of aromatic nitrogens is 5. The highest BCUT2D eigenvalue weighted by molar-refractivity contribution is 7.98. The zero-order chi connectivity index (χ0) is 18.8. The molecule has 0 unspecified atom stereocenters. The molecule has 0 radical (unpaired) electrons. The molecule has 2 aromatic heterocycles. The van der Waals surface area contributed by atoms with Crippen LogP contribution in [0.15, 0.2) is 33.9 Å². The Morgan fingerprint density at radius 1 is 1.22 bits per heavy atom. The molecule has 142 valence electrons. The van der Waals surface area contributed by atoms with E-state index in [2.05, 4.69) is 29.8 Å². The van der Waals surface area contributed by atoms with Gasteiger partial charge in [0.15, 0.2) is 11.0 Å². The van der Waals surface area contributed by atoms with Crippen molar-refractivity contribution in [1.82, 2.24) is 24.9 Å². The molecule has 0 aliphatic carbocycles. The third kappa shape index (κ3) is 3.96. The van der Waals surface area contributed by atoms with E-state index in [1.165, 1.54) is 24.6 Å². The van der Waals surface area contributed by atoms with E-state index in [1.54, 1.807) is 0 Å². The van der Waals surface area contributed by atoms with Gasteiger partial charge in [-0.05, 0) is 31.0 Å². The van der Waals surface area contributed by atoms with Crippen LogP contribution in [0.25, 0.3) is 5.69 Å². The largest absolute Gasteiger partial charge is 0.341 e. The van der Waals surface area contributed by atoms with Crippen molar-refractivity contribution in [1.29, 1.82) is 0 Å². The highest BCUT2D eigenvalue weighted by Crippen LogP contribution is 2.31. The molecule has 0 amide bonds. The minimum atomic E-state index is 0.240. The highest BCUT2D eigenvalue weighted by atomic mass is 35.5. The van der Waals surface area contributed by atoms with Crippen molar-refractivity contribution in [3.63, 3.8) is 0 Å². The topological polar surface area (TPSA) is 72.9 Å². The summed E-state index contributed by atoms with van der Waals surface area (Å²) in [6, 6.07) is 7.75. The molecule has 0 N–H and O–H groups in total. The predicted octanol–water partition coefficient (Wildman–Crippen LogP) is 4.32. The molecule has 0 saturated carbocycles. The summed E-state index contributed by atoms with van der Waals surface area (Å²) in [5.74, 6) is 2.94. The lowest BCUT2D eigenvalue weighted by atomic mass is 10.2. The molecule has 1 saturated heterocycles. The molecular formula is C18H21ClN6OS. The van der Waals surface area contributed by atoms with Crippen molar-refractivity contribution in [2.45, 2.75) is 43.5 Å². The molecule has 1 aliphatic heterocycles. The molecular weight excluding hydrogens is 384 g/mol. The van der Waals surface area contributed by atoms with Crippen LogP contribution in [0.5, 0.6) is 0 Å². The first kappa shape index (κ1) is 18.3.